The summed E-state index contributed by atoms with van der Waals surface area (Å²) in [5.74, 6) is -0.367. The van der Waals surface area contributed by atoms with Gasteiger partial charge in [0.15, 0.2) is 0 Å². The maximum Gasteiger partial charge on any atom is 0.270 e. The normalized spacial score (nSPS) is 10.4. The topological polar surface area (TPSA) is 66.9 Å². The predicted octanol–water partition coefficient (Wildman–Crippen LogP) is 3.47. The zero-order chi connectivity index (χ0) is 18.4. The van der Waals surface area contributed by atoms with Gasteiger partial charge in [0.2, 0.25) is 5.95 Å². The van der Waals surface area contributed by atoms with Gasteiger partial charge < -0.3 is 10.6 Å². The molecule has 0 aliphatic heterocycles. The zero-order valence-corrected chi connectivity index (χ0v) is 14.4. The van der Waals surface area contributed by atoms with E-state index in [4.69, 9.17) is 0 Å². The van der Waals surface area contributed by atoms with Gasteiger partial charge in [-0.2, -0.15) is 0 Å². The minimum atomic E-state index is -0.381. The van der Waals surface area contributed by atoms with Gasteiger partial charge in [0.1, 0.15) is 11.5 Å². The van der Waals surface area contributed by atoms with Crippen molar-refractivity contribution in [2.45, 2.75) is 20.0 Å². The first-order chi connectivity index (χ1) is 12.6. The van der Waals surface area contributed by atoms with E-state index in [-0.39, 0.29) is 24.0 Å². The molecule has 1 heterocycles. The lowest BCUT2D eigenvalue weighted by molar-refractivity contribution is 0.0945. The minimum Gasteiger partial charge on any atom is -0.350 e. The van der Waals surface area contributed by atoms with Gasteiger partial charge in [-0.1, -0.05) is 48.0 Å². The number of aryl methyl sites for hydroxylation is 1. The Morgan fingerprint density at radius 2 is 1.81 bits per heavy atom. The summed E-state index contributed by atoms with van der Waals surface area (Å²) in [4.78, 5) is 20.6. The molecule has 26 heavy (non-hydrogen) atoms. The number of carbonyl (C=O) groups is 1. The van der Waals surface area contributed by atoms with Crippen molar-refractivity contribution in [3.8, 4) is 0 Å². The summed E-state index contributed by atoms with van der Waals surface area (Å²) in [5.41, 5.74) is 2.93. The molecule has 1 aromatic heterocycles. The highest BCUT2D eigenvalue weighted by Crippen LogP contribution is 2.08. The molecule has 2 N–H and O–H groups in total. The molecule has 0 saturated heterocycles. The fourth-order valence-electron chi connectivity index (χ4n) is 2.37. The molecular weight excluding hydrogens is 331 g/mol. The number of carbonyl (C=O) groups excluding carboxylic acids is 1. The van der Waals surface area contributed by atoms with Gasteiger partial charge in [-0.3, -0.25) is 4.79 Å². The molecular formula is C20H19FN4O. The van der Waals surface area contributed by atoms with Crippen LogP contribution in [-0.2, 0) is 13.1 Å². The van der Waals surface area contributed by atoms with Crippen molar-refractivity contribution in [2.75, 3.05) is 5.32 Å². The Kier molecular flexibility index (Phi) is 5.53. The Hall–Kier alpha value is -3.28. The molecule has 3 aromatic rings. The van der Waals surface area contributed by atoms with Crippen molar-refractivity contribution in [3.05, 3.63) is 89.0 Å². The van der Waals surface area contributed by atoms with Gasteiger partial charge in [-0.25, -0.2) is 14.4 Å². The van der Waals surface area contributed by atoms with E-state index in [0.29, 0.717) is 18.1 Å². The van der Waals surface area contributed by atoms with Gasteiger partial charge in [0.25, 0.3) is 5.91 Å². The van der Waals surface area contributed by atoms with Crippen LogP contribution in [0.3, 0.4) is 0 Å². The van der Waals surface area contributed by atoms with Gasteiger partial charge in [0, 0.05) is 24.8 Å². The second kappa shape index (κ2) is 8.20. The Balaban J connectivity index is 1.60. The second-order valence-electron chi connectivity index (χ2n) is 5.88. The number of nitrogens with one attached hydrogen (secondary N) is 2. The number of hydrogen-bond acceptors (Lipinski definition) is 4. The maximum atomic E-state index is 13.6. The minimum absolute atomic E-state index is 0.0988. The first kappa shape index (κ1) is 17.5. The lowest BCUT2D eigenvalue weighted by atomic mass is 10.1. The van der Waals surface area contributed by atoms with E-state index in [1.807, 2.05) is 31.2 Å². The Morgan fingerprint density at radius 3 is 2.58 bits per heavy atom. The molecule has 1 amide bonds. The summed E-state index contributed by atoms with van der Waals surface area (Å²) < 4.78 is 13.6. The summed E-state index contributed by atoms with van der Waals surface area (Å²) in [6.45, 7) is 2.69. The number of rotatable bonds is 6. The molecule has 0 bridgehead atoms. The van der Waals surface area contributed by atoms with Crippen molar-refractivity contribution in [2.24, 2.45) is 0 Å². The third-order valence-corrected chi connectivity index (χ3v) is 3.86. The van der Waals surface area contributed by atoms with E-state index in [2.05, 4.69) is 20.6 Å². The number of nitrogens with zero attached hydrogens (tertiary/aromatic N) is 2. The fourth-order valence-corrected chi connectivity index (χ4v) is 2.37. The number of amides is 1. The monoisotopic (exact) mass is 350 g/mol. The Bertz CT molecular complexity index is 896. The number of aromatic nitrogens is 2. The molecule has 132 valence electrons. The molecule has 0 atom stereocenters. The lowest BCUT2D eigenvalue weighted by Crippen LogP contribution is -2.24. The van der Waals surface area contributed by atoms with E-state index in [1.54, 1.807) is 18.2 Å². The predicted molar refractivity (Wildman–Crippen MR) is 98.1 cm³/mol. The average Bonchev–Trinajstić information content (AvgIpc) is 2.67. The summed E-state index contributed by atoms with van der Waals surface area (Å²) in [5, 5.41) is 5.76. The zero-order valence-electron chi connectivity index (χ0n) is 14.4. The molecule has 6 heteroatoms. The van der Waals surface area contributed by atoms with Gasteiger partial charge in [-0.05, 0) is 24.6 Å². The molecule has 0 unspecified atom stereocenters. The van der Waals surface area contributed by atoms with E-state index in [9.17, 15) is 9.18 Å². The molecule has 3 rings (SSSR count). The molecule has 2 aromatic carbocycles. The van der Waals surface area contributed by atoms with Crippen LogP contribution in [0.4, 0.5) is 10.3 Å². The summed E-state index contributed by atoms with van der Waals surface area (Å²) in [6.07, 6.45) is 1.52. The average molecular weight is 350 g/mol. The number of anilines is 1. The quantitative estimate of drug-likeness (QED) is 0.714. The van der Waals surface area contributed by atoms with Crippen LogP contribution in [0.5, 0.6) is 0 Å². The maximum absolute atomic E-state index is 13.6. The van der Waals surface area contributed by atoms with Gasteiger partial charge in [0.05, 0.1) is 0 Å². The first-order valence-electron chi connectivity index (χ1n) is 8.26. The highest BCUT2D eigenvalue weighted by Gasteiger charge is 2.10. The standard InChI is InChI=1S/C20H19FN4O/c1-14-6-8-15(9-7-14)12-24-20-22-11-10-18(25-20)19(26)23-13-16-4-2-3-5-17(16)21/h2-11H,12-13H2,1H3,(H,23,26)(H,22,24,25). The Morgan fingerprint density at radius 1 is 1.04 bits per heavy atom. The second-order valence-corrected chi connectivity index (χ2v) is 5.88. The molecule has 0 saturated carbocycles. The number of hydrogen-bond donors (Lipinski definition) is 2. The van der Waals surface area contributed by atoms with Crippen molar-refractivity contribution in [1.29, 1.82) is 0 Å². The SMILES string of the molecule is Cc1ccc(CNc2nccc(C(=O)NCc3ccccc3F)n2)cc1. The van der Waals surface area contributed by atoms with Crippen molar-refractivity contribution in [1.82, 2.24) is 15.3 Å². The van der Waals surface area contributed by atoms with Crippen LogP contribution >= 0.6 is 0 Å². The molecule has 0 aliphatic rings. The molecule has 0 fully saturated rings. The van der Waals surface area contributed by atoms with E-state index in [0.717, 1.165) is 5.56 Å². The molecule has 0 aliphatic carbocycles. The van der Waals surface area contributed by atoms with Crippen LogP contribution in [0, 0.1) is 12.7 Å². The van der Waals surface area contributed by atoms with Crippen LogP contribution in [-0.4, -0.2) is 15.9 Å². The van der Waals surface area contributed by atoms with Crippen LogP contribution in [0.15, 0.2) is 60.8 Å². The van der Waals surface area contributed by atoms with Crippen molar-refractivity contribution >= 4 is 11.9 Å². The van der Waals surface area contributed by atoms with Crippen molar-refractivity contribution in [3.63, 3.8) is 0 Å². The fraction of sp³-hybridized carbons (Fsp3) is 0.150. The van der Waals surface area contributed by atoms with Gasteiger partial charge in [-0.15, -0.1) is 0 Å². The highest BCUT2D eigenvalue weighted by atomic mass is 19.1. The van der Waals surface area contributed by atoms with E-state index < -0.39 is 0 Å². The summed E-state index contributed by atoms with van der Waals surface area (Å²) in [7, 11) is 0. The summed E-state index contributed by atoms with van der Waals surface area (Å²) in [6, 6.07) is 16.0. The van der Waals surface area contributed by atoms with Crippen LogP contribution in [0.25, 0.3) is 0 Å². The molecule has 0 radical (unpaired) electrons. The summed E-state index contributed by atoms with van der Waals surface area (Å²) >= 11 is 0. The lowest BCUT2D eigenvalue weighted by Gasteiger charge is -2.08. The van der Waals surface area contributed by atoms with Crippen LogP contribution in [0.1, 0.15) is 27.2 Å². The Labute approximate surface area is 151 Å². The third-order valence-electron chi connectivity index (χ3n) is 3.86. The van der Waals surface area contributed by atoms with Crippen LogP contribution < -0.4 is 10.6 Å². The van der Waals surface area contributed by atoms with Crippen molar-refractivity contribution < 1.29 is 9.18 Å². The van der Waals surface area contributed by atoms with Crippen LogP contribution in [0.2, 0.25) is 0 Å². The molecule has 5 nitrogen and oxygen atoms in total. The first-order valence-corrected chi connectivity index (χ1v) is 8.26. The third kappa shape index (κ3) is 4.63. The largest absolute Gasteiger partial charge is 0.350 e. The number of benzene rings is 2. The molecule has 0 spiro atoms. The highest BCUT2D eigenvalue weighted by molar-refractivity contribution is 5.92. The van der Waals surface area contributed by atoms with Gasteiger partial charge >= 0.3 is 0 Å². The van der Waals surface area contributed by atoms with E-state index >= 15 is 0 Å². The van der Waals surface area contributed by atoms with E-state index in [1.165, 1.54) is 23.9 Å². The smallest absolute Gasteiger partial charge is 0.270 e. The number of halogens is 1.